The number of anilines is 1. The first-order valence-corrected chi connectivity index (χ1v) is 8.92. The van der Waals surface area contributed by atoms with Gasteiger partial charge in [0.05, 0.1) is 6.20 Å². The molecule has 0 spiro atoms. The fourth-order valence-electron chi connectivity index (χ4n) is 3.67. The summed E-state index contributed by atoms with van der Waals surface area (Å²) < 4.78 is 0. The standard InChI is InChI=1S/C17H22N6O3/c1-17(12-2-3-12)15(25)23(16(26)20-17)11-14(24)22-8-6-21(7-9-22)13-10-18-4-5-19-13/h4-5,10,12H,2-3,6-9,11H2,1H3,(H,20,26). The minimum atomic E-state index is -0.845. The molecule has 9 heteroatoms. The third kappa shape index (κ3) is 2.87. The lowest BCUT2D eigenvalue weighted by Gasteiger charge is -2.35. The summed E-state index contributed by atoms with van der Waals surface area (Å²) in [7, 11) is 0. The topological polar surface area (TPSA) is 98.7 Å². The molecule has 4 rings (SSSR count). The fraction of sp³-hybridized carbons (Fsp3) is 0.588. The van der Waals surface area contributed by atoms with Crippen molar-refractivity contribution >= 4 is 23.7 Å². The smallest absolute Gasteiger partial charge is 0.325 e. The van der Waals surface area contributed by atoms with E-state index >= 15 is 0 Å². The lowest BCUT2D eigenvalue weighted by molar-refractivity contribution is -0.139. The number of aromatic nitrogens is 2. The number of hydrogen-bond donors (Lipinski definition) is 1. The molecule has 3 aliphatic rings. The fourth-order valence-corrected chi connectivity index (χ4v) is 3.67. The van der Waals surface area contributed by atoms with Crippen LogP contribution in [0.5, 0.6) is 0 Å². The summed E-state index contributed by atoms with van der Waals surface area (Å²) in [6.45, 7) is 3.90. The Bertz CT molecular complexity index is 729. The molecule has 1 atom stereocenters. The quantitative estimate of drug-likeness (QED) is 0.752. The van der Waals surface area contributed by atoms with Crippen LogP contribution in [0.1, 0.15) is 19.8 Å². The highest BCUT2D eigenvalue weighted by Crippen LogP contribution is 2.42. The molecule has 1 unspecified atom stereocenters. The predicted molar refractivity (Wildman–Crippen MR) is 92.2 cm³/mol. The Hall–Kier alpha value is -2.71. The molecular weight excluding hydrogens is 336 g/mol. The highest BCUT2D eigenvalue weighted by Gasteiger charge is 2.56. The van der Waals surface area contributed by atoms with Crippen molar-refractivity contribution in [2.45, 2.75) is 25.3 Å². The zero-order valence-electron chi connectivity index (χ0n) is 14.7. The third-order valence-electron chi connectivity index (χ3n) is 5.49. The van der Waals surface area contributed by atoms with Gasteiger partial charge in [-0.05, 0) is 25.7 Å². The van der Waals surface area contributed by atoms with E-state index in [-0.39, 0.29) is 24.3 Å². The molecule has 1 saturated carbocycles. The molecule has 1 aliphatic carbocycles. The van der Waals surface area contributed by atoms with Crippen LogP contribution in [-0.2, 0) is 9.59 Å². The van der Waals surface area contributed by atoms with Gasteiger partial charge in [0.25, 0.3) is 5.91 Å². The average Bonchev–Trinajstić information content (AvgIpc) is 3.49. The van der Waals surface area contributed by atoms with Crippen LogP contribution in [0.3, 0.4) is 0 Å². The molecule has 1 aromatic rings. The van der Waals surface area contributed by atoms with Crippen molar-refractivity contribution in [3.05, 3.63) is 18.6 Å². The maximum absolute atomic E-state index is 12.6. The molecule has 1 aromatic heterocycles. The van der Waals surface area contributed by atoms with Crippen LogP contribution < -0.4 is 10.2 Å². The van der Waals surface area contributed by atoms with E-state index in [1.165, 1.54) is 0 Å². The molecule has 26 heavy (non-hydrogen) atoms. The summed E-state index contributed by atoms with van der Waals surface area (Å²) in [5, 5.41) is 2.77. The van der Waals surface area contributed by atoms with Crippen molar-refractivity contribution < 1.29 is 14.4 Å². The number of piperazine rings is 1. The van der Waals surface area contributed by atoms with Crippen LogP contribution in [0.25, 0.3) is 0 Å². The van der Waals surface area contributed by atoms with Gasteiger partial charge in [0.15, 0.2) is 0 Å². The number of carbonyl (C=O) groups excluding carboxylic acids is 3. The van der Waals surface area contributed by atoms with Gasteiger partial charge in [-0.25, -0.2) is 9.78 Å². The van der Waals surface area contributed by atoms with E-state index in [9.17, 15) is 14.4 Å². The minimum absolute atomic E-state index is 0.189. The first-order valence-electron chi connectivity index (χ1n) is 8.92. The van der Waals surface area contributed by atoms with E-state index in [0.717, 1.165) is 23.6 Å². The van der Waals surface area contributed by atoms with Gasteiger partial charge in [-0.1, -0.05) is 0 Å². The highest BCUT2D eigenvalue weighted by atomic mass is 16.2. The Labute approximate surface area is 151 Å². The molecule has 0 bridgehead atoms. The Balaban J connectivity index is 1.34. The molecule has 3 heterocycles. The zero-order chi connectivity index (χ0) is 18.3. The van der Waals surface area contributed by atoms with Gasteiger partial charge in [-0.2, -0.15) is 0 Å². The minimum Gasteiger partial charge on any atom is -0.352 e. The molecular formula is C17H22N6O3. The van der Waals surface area contributed by atoms with Crippen molar-refractivity contribution in [1.29, 1.82) is 0 Å². The Morgan fingerprint density at radius 3 is 2.58 bits per heavy atom. The zero-order valence-corrected chi connectivity index (χ0v) is 14.7. The van der Waals surface area contributed by atoms with Gasteiger partial charge in [-0.15, -0.1) is 0 Å². The van der Waals surface area contributed by atoms with E-state index in [2.05, 4.69) is 20.2 Å². The predicted octanol–water partition coefficient (Wildman–Crippen LogP) is -0.154. The third-order valence-corrected chi connectivity index (χ3v) is 5.49. The number of amides is 4. The number of nitrogens with one attached hydrogen (secondary N) is 1. The first-order chi connectivity index (χ1) is 12.5. The monoisotopic (exact) mass is 358 g/mol. The van der Waals surface area contributed by atoms with E-state index in [4.69, 9.17) is 0 Å². The van der Waals surface area contributed by atoms with Gasteiger partial charge in [0, 0.05) is 38.6 Å². The van der Waals surface area contributed by atoms with Crippen LogP contribution in [0.15, 0.2) is 18.6 Å². The number of rotatable bonds is 4. The van der Waals surface area contributed by atoms with Crippen LogP contribution in [0, 0.1) is 5.92 Å². The normalized spacial score (nSPS) is 26.3. The van der Waals surface area contributed by atoms with Gasteiger partial charge in [0.1, 0.15) is 17.9 Å². The molecule has 2 aliphatic heterocycles. The number of carbonyl (C=O) groups is 3. The van der Waals surface area contributed by atoms with Gasteiger partial charge >= 0.3 is 6.03 Å². The van der Waals surface area contributed by atoms with Crippen LogP contribution in [-0.4, -0.2) is 75.9 Å². The number of imide groups is 1. The van der Waals surface area contributed by atoms with Crippen molar-refractivity contribution in [3.8, 4) is 0 Å². The lowest BCUT2D eigenvalue weighted by Crippen LogP contribution is -2.52. The lowest BCUT2D eigenvalue weighted by atomic mass is 9.96. The largest absolute Gasteiger partial charge is 0.352 e. The van der Waals surface area contributed by atoms with Crippen molar-refractivity contribution in [2.24, 2.45) is 5.92 Å². The maximum Gasteiger partial charge on any atom is 0.325 e. The van der Waals surface area contributed by atoms with Gasteiger partial charge in [0.2, 0.25) is 5.91 Å². The summed E-state index contributed by atoms with van der Waals surface area (Å²) in [4.78, 5) is 50.6. The number of urea groups is 1. The van der Waals surface area contributed by atoms with Crippen molar-refractivity contribution in [2.75, 3.05) is 37.6 Å². The summed E-state index contributed by atoms with van der Waals surface area (Å²) in [5.74, 6) is 0.493. The second-order valence-electron chi connectivity index (χ2n) is 7.23. The van der Waals surface area contributed by atoms with Crippen LogP contribution in [0.2, 0.25) is 0 Å². The first kappa shape index (κ1) is 16.7. The summed E-state index contributed by atoms with van der Waals surface area (Å²) in [6, 6.07) is -0.462. The Kier molecular flexibility index (Phi) is 4.01. The molecule has 2 saturated heterocycles. The van der Waals surface area contributed by atoms with Crippen LogP contribution in [0.4, 0.5) is 10.6 Å². The molecule has 0 aromatic carbocycles. The molecule has 4 amide bonds. The molecule has 138 valence electrons. The summed E-state index contributed by atoms with van der Waals surface area (Å²) >= 11 is 0. The van der Waals surface area contributed by atoms with E-state index in [1.807, 2.05) is 0 Å². The van der Waals surface area contributed by atoms with Gasteiger partial charge in [-0.3, -0.25) is 19.5 Å². The molecule has 1 N–H and O–H groups in total. The number of nitrogens with zero attached hydrogens (tertiary/aromatic N) is 5. The maximum atomic E-state index is 12.6. The van der Waals surface area contributed by atoms with E-state index < -0.39 is 11.6 Å². The SMILES string of the molecule is CC1(C2CC2)NC(=O)N(CC(=O)N2CCN(c3cnccn3)CC2)C1=O. The van der Waals surface area contributed by atoms with Gasteiger partial charge < -0.3 is 15.1 Å². The summed E-state index contributed by atoms with van der Waals surface area (Å²) in [6.07, 6.45) is 6.84. The second kappa shape index (κ2) is 6.22. The van der Waals surface area contributed by atoms with Crippen molar-refractivity contribution in [3.63, 3.8) is 0 Å². The molecule has 0 radical (unpaired) electrons. The molecule has 9 nitrogen and oxygen atoms in total. The Morgan fingerprint density at radius 2 is 1.96 bits per heavy atom. The second-order valence-corrected chi connectivity index (χ2v) is 7.23. The molecule has 3 fully saturated rings. The van der Waals surface area contributed by atoms with E-state index in [1.54, 1.807) is 30.4 Å². The van der Waals surface area contributed by atoms with E-state index in [0.29, 0.717) is 26.2 Å². The van der Waals surface area contributed by atoms with Crippen molar-refractivity contribution in [1.82, 2.24) is 25.1 Å². The number of hydrogen-bond acceptors (Lipinski definition) is 6. The highest BCUT2D eigenvalue weighted by molar-refractivity contribution is 6.09. The average molecular weight is 358 g/mol. The van der Waals surface area contributed by atoms with Crippen LogP contribution >= 0.6 is 0 Å². The summed E-state index contributed by atoms with van der Waals surface area (Å²) in [5.41, 5.74) is -0.845. The Morgan fingerprint density at radius 1 is 1.23 bits per heavy atom.